The number of piperidine rings is 1. The molecule has 0 saturated carbocycles. The molecule has 8 heteroatoms. The number of aryl methyl sites for hydroxylation is 1. The van der Waals surface area contributed by atoms with Crippen LogP contribution in [0.15, 0.2) is 41.3 Å². The first-order chi connectivity index (χ1) is 13.2. The van der Waals surface area contributed by atoms with Crippen molar-refractivity contribution in [2.24, 2.45) is 5.92 Å². The van der Waals surface area contributed by atoms with Crippen molar-refractivity contribution in [2.45, 2.75) is 68.8 Å². The number of hydrogen-bond donors (Lipinski definition) is 1. The van der Waals surface area contributed by atoms with Crippen LogP contribution in [0.3, 0.4) is 0 Å². The van der Waals surface area contributed by atoms with Gasteiger partial charge in [0.2, 0.25) is 0 Å². The van der Waals surface area contributed by atoms with Crippen molar-refractivity contribution in [2.75, 3.05) is 6.61 Å². The van der Waals surface area contributed by atoms with Crippen LogP contribution in [0.2, 0.25) is 18.1 Å². The van der Waals surface area contributed by atoms with Gasteiger partial charge in [-0.25, -0.2) is 12.7 Å². The number of fused-ring (bicyclic) bond motifs is 2. The summed E-state index contributed by atoms with van der Waals surface area (Å²) in [6.45, 7) is 12.7. The zero-order chi connectivity index (χ0) is 21.8. The first-order valence-electron chi connectivity index (χ1n) is 9.91. The fourth-order valence-corrected chi connectivity index (χ4v) is 6.16. The summed E-state index contributed by atoms with van der Waals surface area (Å²) in [5.41, 5.74) is -0.939. The Hall–Kier alpha value is -1.48. The van der Waals surface area contributed by atoms with Gasteiger partial charge in [0.05, 0.1) is 10.9 Å². The molecule has 0 aromatic heterocycles. The summed E-state index contributed by atoms with van der Waals surface area (Å²) in [7, 11) is -6.11. The van der Waals surface area contributed by atoms with Gasteiger partial charge in [0.15, 0.2) is 13.9 Å². The summed E-state index contributed by atoms with van der Waals surface area (Å²) in [6.07, 6.45) is 3.42. The molecule has 0 spiro atoms. The molecule has 1 fully saturated rings. The summed E-state index contributed by atoms with van der Waals surface area (Å²) >= 11 is 0. The number of hydrogen-bond acceptors (Lipinski definition) is 5. The lowest BCUT2D eigenvalue weighted by Crippen LogP contribution is -2.66. The van der Waals surface area contributed by atoms with E-state index in [4.69, 9.17) is 4.43 Å². The van der Waals surface area contributed by atoms with Gasteiger partial charge in [0.1, 0.15) is 0 Å². The fraction of sp³-hybridized carbons (Fsp3) is 0.571. The highest BCUT2D eigenvalue weighted by atomic mass is 32.2. The molecule has 1 saturated heterocycles. The van der Waals surface area contributed by atoms with Crippen LogP contribution < -0.4 is 0 Å². The van der Waals surface area contributed by atoms with E-state index in [1.807, 2.05) is 6.92 Å². The molecule has 3 aliphatic rings. The maximum atomic E-state index is 13.1. The van der Waals surface area contributed by atoms with E-state index >= 15 is 0 Å². The Morgan fingerprint density at radius 3 is 2.38 bits per heavy atom. The van der Waals surface area contributed by atoms with E-state index in [0.29, 0.717) is 6.42 Å². The Labute approximate surface area is 174 Å². The lowest BCUT2D eigenvalue weighted by molar-refractivity contribution is -0.157. The zero-order valence-electron chi connectivity index (χ0n) is 18.0. The van der Waals surface area contributed by atoms with Crippen molar-refractivity contribution in [1.82, 2.24) is 4.31 Å². The third kappa shape index (κ3) is 3.71. The molecule has 1 aromatic rings. The average molecular weight is 438 g/mol. The summed E-state index contributed by atoms with van der Waals surface area (Å²) in [5, 5.41) is 11.2. The molecular weight excluding hydrogens is 406 g/mol. The Kier molecular flexibility index (Phi) is 5.39. The van der Waals surface area contributed by atoms with E-state index in [-0.39, 0.29) is 16.5 Å². The Bertz CT molecular complexity index is 933. The summed E-state index contributed by atoms with van der Waals surface area (Å²) in [6, 6.07) is 5.76. The van der Waals surface area contributed by atoms with Gasteiger partial charge in [0.25, 0.3) is 15.9 Å². The van der Waals surface area contributed by atoms with Gasteiger partial charge < -0.3 is 9.53 Å². The zero-order valence-corrected chi connectivity index (χ0v) is 19.8. The van der Waals surface area contributed by atoms with E-state index < -0.39 is 41.8 Å². The molecule has 2 bridgehead atoms. The third-order valence-electron chi connectivity index (χ3n) is 6.59. The average Bonchev–Trinajstić information content (AvgIpc) is 2.60. The minimum absolute atomic E-state index is 0.00393. The second-order valence-electron chi connectivity index (χ2n) is 9.67. The standard InChI is InChI=1S/C21H31NO5SSi/c1-15-7-9-18(10-8-15)28(25,26)22-17-11-12-21(24,19(22)23)16(13-17)14-27-29(5,6)20(2,3)4/h7-12,16-17,24H,13-14H2,1-6H3/t16-,17-,21-/m1/s1. The summed E-state index contributed by atoms with van der Waals surface area (Å²) < 4.78 is 33.4. The number of sulfonamides is 1. The van der Waals surface area contributed by atoms with Crippen molar-refractivity contribution in [3.05, 3.63) is 42.0 Å². The van der Waals surface area contributed by atoms with Crippen LogP contribution in [-0.2, 0) is 19.2 Å². The summed E-state index contributed by atoms with van der Waals surface area (Å²) in [5.74, 6) is -1.26. The highest BCUT2D eigenvalue weighted by molar-refractivity contribution is 7.89. The fourth-order valence-electron chi connectivity index (χ4n) is 3.52. The first kappa shape index (κ1) is 22.2. The van der Waals surface area contributed by atoms with Crippen molar-refractivity contribution in [3.63, 3.8) is 0 Å². The van der Waals surface area contributed by atoms with E-state index in [0.717, 1.165) is 9.87 Å². The molecular formula is C21H31NO5SSi. The molecule has 1 aromatic carbocycles. The van der Waals surface area contributed by atoms with Crippen molar-refractivity contribution in [1.29, 1.82) is 0 Å². The maximum absolute atomic E-state index is 13.1. The molecule has 1 N–H and O–H groups in total. The molecule has 2 heterocycles. The third-order valence-corrected chi connectivity index (χ3v) is 12.9. The van der Waals surface area contributed by atoms with Crippen LogP contribution in [0.25, 0.3) is 0 Å². The molecule has 1 aliphatic carbocycles. The first-order valence-corrected chi connectivity index (χ1v) is 14.3. The quantitative estimate of drug-likeness (QED) is 0.565. The minimum Gasteiger partial charge on any atom is -0.416 e. The maximum Gasteiger partial charge on any atom is 0.273 e. The number of aliphatic hydroxyl groups is 1. The Morgan fingerprint density at radius 2 is 1.83 bits per heavy atom. The second-order valence-corrected chi connectivity index (χ2v) is 16.3. The normalized spacial score (nSPS) is 27.6. The monoisotopic (exact) mass is 437 g/mol. The number of carbonyl (C=O) groups excluding carboxylic acids is 1. The number of carbonyl (C=O) groups is 1. The van der Waals surface area contributed by atoms with Gasteiger partial charge in [-0.05, 0) is 49.7 Å². The molecule has 6 nitrogen and oxygen atoms in total. The molecule has 0 radical (unpaired) electrons. The van der Waals surface area contributed by atoms with Gasteiger partial charge in [-0.3, -0.25) is 4.79 Å². The molecule has 0 unspecified atom stereocenters. The van der Waals surface area contributed by atoms with Crippen LogP contribution in [0, 0.1) is 12.8 Å². The Balaban J connectivity index is 1.86. The van der Waals surface area contributed by atoms with E-state index in [1.54, 1.807) is 18.2 Å². The van der Waals surface area contributed by atoms with Crippen LogP contribution in [0.5, 0.6) is 0 Å². The molecule has 4 rings (SSSR count). The molecule has 3 atom stereocenters. The minimum atomic E-state index is -4.05. The number of nitrogens with zero attached hydrogens (tertiary/aromatic N) is 1. The molecule has 160 valence electrons. The molecule has 29 heavy (non-hydrogen) atoms. The van der Waals surface area contributed by atoms with Gasteiger partial charge in [-0.2, -0.15) is 0 Å². The van der Waals surface area contributed by atoms with Crippen LogP contribution in [0.1, 0.15) is 32.8 Å². The van der Waals surface area contributed by atoms with E-state index in [1.165, 1.54) is 18.2 Å². The van der Waals surface area contributed by atoms with Gasteiger partial charge in [0, 0.05) is 12.5 Å². The topological polar surface area (TPSA) is 83.9 Å². The number of rotatable bonds is 5. The lowest BCUT2D eigenvalue weighted by atomic mass is 9.74. The van der Waals surface area contributed by atoms with E-state index in [2.05, 4.69) is 33.9 Å². The second kappa shape index (κ2) is 7.04. The lowest BCUT2D eigenvalue weighted by Gasteiger charge is -2.49. The predicted octanol–water partition coefficient (Wildman–Crippen LogP) is 3.22. The smallest absolute Gasteiger partial charge is 0.273 e. The largest absolute Gasteiger partial charge is 0.416 e. The number of amides is 1. The highest BCUT2D eigenvalue weighted by Crippen LogP contribution is 2.43. The molecule has 1 amide bonds. The van der Waals surface area contributed by atoms with Gasteiger partial charge in [-0.1, -0.05) is 44.5 Å². The van der Waals surface area contributed by atoms with Crippen LogP contribution in [0.4, 0.5) is 0 Å². The van der Waals surface area contributed by atoms with Crippen molar-refractivity contribution >= 4 is 24.2 Å². The SMILES string of the molecule is Cc1ccc(S(=O)(=O)N2C(=O)[C@@]3(O)C=C[C@@H]2C[C@@H]3CO[Si](C)(C)C(C)(C)C)cc1. The van der Waals surface area contributed by atoms with Gasteiger partial charge >= 0.3 is 0 Å². The van der Waals surface area contributed by atoms with Crippen molar-refractivity contribution in [3.8, 4) is 0 Å². The van der Waals surface area contributed by atoms with E-state index in [9.17, 15) is 18.3 Å². The number of benzene rings is 1. The Morgan fingerprint density at radius 1 is 1.24 bits per heavy atom. The van der Waals surface area contributed by atoms with Gasteiger partial charge in [-0.15, -0.1) is 0 Å². The van der Waals surface area contributed by atoms with Crippen LogP contribution >= 0.6 is 0 Å². The highest BCUT2D eigenvalue weighted by Gasteiger charge is 2.57. The summed E-state index contributed by atoms with van der Waals surface area (Å²) in [4.78, 5) is 13.2. The van der Waals surface area contributed by atoms with Crippen LogP contribution in [-0.4, -0.2) is 50.3 Å². The predicted molar refractivity (Wildman–Crippen MR) is 114 cm³/mol. The van der Waals surface area contributed by atoms with Crippen molar-refractivity contribution < 1.29 is 22.7 Å². The molecule has 2 aliphatic heterocycles.